The Hall–Kier alpha value is -3.07. The molecule has 0 amide bonds. The molecule has 3 aromatic rings. The van der Waals surface area contributed by atoms with Gasteiger partial charge in [-0.2, -0.15) is 0 Å². The zero-order valence-corrected chi connectivity index (χ0v) is 14.9. The molecule has 0 aliphatic heterocycles. The minimum absolute atomic E-state index is 0.0987. The highest BCUT2D eigenvalue weighted by Crippen LogP contribution is 2.26. The summed E-state index contributed by atoms with van der Waals surface area (Å²) in [6.45, 7) is 1.70. The molecule has 0 spiro atoms. The molecule has 27 heavy (non-hydrogen) atoms. The van der Waals surface area contributed by atoms with Crippen LogP contribution in [0.3, 0.4) is 0 Å². The maximum absolute atomic E-state index is 11.2. The van der Waals surface area contributed by atoms with Crippen molar-refractivity contribution in [1.29, 1.82) is 0 Å². The maximum atomic E-state index is 11.2. The molecule has 2 aromatic heterocycles. The third-order valence-corrected chi connectivity index (χ3v) is 4.57. The zero-order chi connectivity index (χ0) is 18.8. The molecule has 2 N–H and O–H groups in total. The van der Waals surface area contributed by atoms with Gasteiger partial charge in [0, 0.05) is 24.9 Å². The second-order valence-corrected chi connectivity index (χ2v) is 6.54. The van der Waals surface area contributed by atoms with Crippen LogP contribution in [0.1, 0.15) is 32.0 Å². The standard InChI is InChI=1S/C18H20N6O3/c1-11(25)27-17-4-2-3-16(17)26-10-18-20-8-13(9-21-18)12-5-6-14-15(7-12)23-24(19)22-14/h5-9,16-17H,2-4,10,19H2,1H3/t16-,17-/m0/s1. The van der Waals surface area contributed by atoms with Gasteiger partial charge in [0.15, 0.2) is 5.82 Å². The van der Waals surface area contributed by atoms with Crippen LogP contribution in [0.4, 0.5) is 0 Å². The van der Waals surface area contributed by atoms with E-state index in [1.54, 1.807) is 12.4 Å². The number of nitrogens with zero attached hydrogens (tertiary/aromatic N) is 5. The van der Waals surface area contributed by atoms with E-state index in [0.717, 1.165) is 40.8 Å². The predicted molar refractivity (Wildman–Crippen MR) is 96.7 cm³/mol. The second-order valence-electron chi connectivity index (χ2n) is 6.54. The van der Waals surface area contributed by atoms with Gasteiger partial charge in [0.05, 0.1) is 6.10 Å². The number of fused-ring (bicyclic) bond motifs is 1. The van der Waals surface area contributed by atoms with Gasteiger partial charge < -0.3 is 15.3 Å². The van der Waals surface area contributed by atoms with Crippen LogP contribution in [0.25, 0.3) is 22.2 Å². The number of benzene rings is 1. The van der Waals surface area contributed by atoms with Crippen molar-refractivity contribution in [2.24, 2.45) is 0 Å². The number of carbonyl (C=O) groups excluding carboxylic acids is 1. The molecule has 4 rings (SSSR count). The van der Waals surface area contributed by atoms with Gasteiger partial charge in [-0.25, -0.2) is 9.97 Å². The lowest BCUT2D eigenvalue weighted by atomic mass is 10.1. The number of nitrogen functional groups attached to an aromatic ring is 1. The summed E-state index contributed by atoms with van der Waals surface area (Å²) in [5.41, 5.74) is 3.23. The largest absolute Gasteiger partial charge is 0.460 e. The Morgan fingerprint density at radius 3 is 2.67 bits per heavy atom. The monoisotopic (exact) mass is 368 g/mol. The highest BCUT2D eigenvalue weighted by atomic mass is 16.6. The van der Waals surface area contributed by atoms with Crippen molar-refractivity contribution in [3.63, 3.8) is 0 Å². The normalized spacial score (nSPS) is 19.4. The molecule has 9 nitrogen and oxygen atoms in total. The van der Waals surface area contributed by atoms with Crippen LogP contribution in [0.15, 0.2) is 30.6 Å². The highest BCUT2D eigenvalue weighted by Gasteiger charge is 2.30. The molecule has 0 bridgehead atoms. The van der Waals surface area contributed by atoms with E-state index in [-0.39, 0.29) is 24.8 Å². The summed E-state index contributed by atoms with van der Waals surface area (Å²) in [5, 5.41) is 8.16. The van der Waals surface area contributed by atoms with Crippen LogP contribution in [-0.4, -0.2) is 43.2 Å². The van der Waals surface area contributed by atoms with E-state index < -0.39 is 0 Å². The molecule has 140 valence electrons. The topological polar surface area (TPSA) is 118 Å². The smallest absolute Gasteiger partial charge is 0.302 e. The Bertz CT molecular complexity index is 955. The molecule has 2 heterocycles. The van der Waals surface area contributed by atoms with E-state index in [1.807, 2.05) is 18.2 Å². The van der Waals surface area contributed by atoms with Crippen LogP contribution in [0.2, 0.25) is 0 Å². The van der Waals surface area contributed by atoms with Crippen LogP contribution >= 0.6 is 0 Å². The SMILES string of the molecule is CC(=O)O[C@H]1CCC[C@@H]1OCc1ncc(-c2ccc3nn(N)nc3c2)cn1. The van der Waals surface area contributed by atoms with Crippen LogP contribution < -0.4 is 5.84 Å². The number of aromatic nitrogens is 5. The Kier molecular flexibility index (Phi) is 4.68. The molecule has 1 aliphatic carbocycles. The van der Waals surface area contributed by atoms with Gasteiger partial charge in [-0.3, -0.25) is 4.79 Å². The summed E-state index contributed by atoms with van der Waals surface area (Å²) >= 11 is 0. The molecular formula is C18H20N6O3. The van der Waals surface area contributed by atoms with E-state index in [0.29, 0.717) is 11.3 Å². The van der Waals surface area contributed by atoms with Crippen LogP contribution in [-0.2, 0) is 20.9 Å². The minimum atomic E-state index is -0.275. The molecule has 1 saturated carbocycles. The Labute approximate surface area is 155 Å². The molecule has 1 fully saturated rings. The van der Waals surface area contributed by atoms with Gasteiger partial charge >= 0.3 is 5.97 Å². The average molecular weight is 368 g/mol. The molecule has 0 radical (unpaired) electrons. The van der Waals surface area contributed by atoms with Crippen molar-refractivity contribution in [2.75, 3.05) is 5.84 Å². The molecule has 9 heteroatoms. The molecule has 0 unspecified atom stereocenters. The van der Waals surface area contributed by atoms with Gasteiger partial charge in [0.1, 0.15) is 23.7 Å². The van der Waals surface area contributed by atoms with E-state index in [4.69, 9.17) is 15.3 Å². The van der Waals surface area contributed by atoms with E-state index >= 15 is 0 Å². The maximum Gasteiger partial charge on any atom is 0.302 e. The number of hydrogen-bond donors (Lipinski definition) is 1. The summed E-state index contributed by atoms with van der Waals surface area (Å²) in [4.78, 5) is 21.0. The summed E-state index contributed by atoms with van der Waals surface area (Å²) in [7, 11) is 0. The summed E-state index contributed by atoms with van der Waals surface area (Å²) in [6.07, 6.45) is 5.91. The van der Waals surface area contributed by atoms with Gasteiger partial charge in [0.25, 0.3) is 0 Å². The van der Waals surface area contributed by atoms with Gasteiger partial charge in [0.2, 0.25) is 0 Å². The molecule has 1 aliphatic rings. The van der Waals surface area contributed by atoms with Crippen molar-refractivity contribution in [3.05, 3.63) is 36.4 Å². The first-order valence-corrected chi connectivity index (χ1v) is 8.81. The van der Waals surface area contributed by atoms with Crippen molar-refractivity contribution >= 4 is 17.0 Å². The molecule has 2 atom stereocenters. The number of hydrogen-bond acceptors (Lipinski definition) is 8. The highest BCUT2D eigenvalue weighted by molar-refractivity contribution is 5.80. The summed E-state index contributed by atoms with van der Waals surface area (Å²) in [5.74, 6) is 5.86. The first-order chi connectivity index (χ1) is 13.1. The summed E-state index contributed by atoms with van der Waals surface area (Å²) < 4.78 is 11.2. The van der Waals surface area contributed by atoms with Crippen LogP contribution in [0.5, 0.6) is 0 Å². The molecular weight excluding hydrogens is 348 g/mol. The van der Waals surface area contributed by atoms with Crippen molar-refractivity contribution < 1.29 is 14.3 Å². The van der Waals surface area contributed by atoms with E-state index in [1.165, 1.54) is 6.92 Å². The lowest BCUT2D eigenvalue weighted by Crippen LogP contribution is -2.28. The van der Waals surface area contributed by atoms with Gasteiger partial charge in [-0.1, -0.05) is 11.0 Å². The fraction of sp³-hybridized carbons (Fsp3) is 0.389. The first kappa shape index (κ1) is 17.3. The number of rotatable bonds is 5. The third kappa shape index (κ3) is 3.87. The zero-order valence-electron chi connectivity index (χ0n) is 14.9. The van der Waals surface area contributed by atoms with Gasteiger partial charge in [-0.15, -0.1) is 10.2 Å². The predicted octanol–water partition coefficient (Wildman–Crippen LogP) is 1.60. The quantitative estimate of drug-likeness (QED) is 0.533. The lowest BCUT2D eigenvalue weighted by molar-refractivity contribution is -0.153. The number of ether oxygens (including phenoxy) is 2. The number of esters is 1. The van der Waals surface area contributed by atoms with Crippen molar-refractivity contribution in [3.8, 4) is 11.1 Å². The molecule has 0 saturated heterocycles. The Balaban J connectivity index is 1.41. The Morgan fingerprint density at radius 2 is 1.89 bits per heavy atom. The van der Waals surface area contributed by atoms with Gasteiger partial charge in [-0.05, 0) is 37.0 Å². The molecule has 1 aromatic carbocycles. The minimum Gasteiger partial charge on any atom is -0.460 e. The van der Waals surface area contributed by atoms with Crippen molar-refractivity contribution in [1.82, 2.24) is 25.1 Å². The van der Waals surface area contributed by atoms with Crippen molar-refractivity contribution in [2.45, 2.75) is 45.0 Å². The van der Waals surface area contributed by atoms with E-state index in [9.17, 15) is 4.79 Å². The summed E-state index contributed by atoms with van der Waals surface area (Å²) in [6, 6.07) is 5.67. The Morgan fingerprint density at radius 1 is 1.15 bits per heavy atom. The lowest BCUT2D eigenvalue weighted by Gasteiger charge is -2.19. The van der Waals surface area contributed by atoms with E-state index in [2.05, 4.69) is 20.2 Å². The third-order valence-electron chi connectivity index (χ3n) is 4.57. The first-order valence-electron chi connectivity index (χ1n) is 8.81. The second kappa shape index (κ2) is 7.28. The fourth-order valence-corrected chi connectivity index (χ4v) is 3.30. The fourth-order valence-electron chi connectivity index (χ4n) is 3.30. The number of nitrogens with two attached hydrogens (primary N) is 1. The van der Waals surface area contributed by atoms with Crippen LogP contribution in [0, 0.1) is 0 Å². The number of carbonyl (C=O) groups is 1. The average Bonchev–Trinajstić information content (AvgIpc) is 3.24.